The molecule has 5 nitrogen and oxygen atoms in total. The van der Waals surface area contributed by atoms with E-state index in [1.54, 1.807) is 0 Å². The highest BCUT2D eigenvalue weighted by atomic mass is 35.5. The van der Waals surface area contributed by atoms with E-state index in [2.05, 4.69) is 24.3 Å². The SMILES string of the molecule is C[C@]12CCC(=NOC3CCNC3)CC1C(=O)C[C@@H]1[C@@H]2CC[C@]2(C)C(=O)CC[C@@H]12.Cl. The molecule has 0 bridgehead atoms. The fourth-order valence-electron chi connectivity index (χ4n) is 7.57. The molecule has 0 aromatic carbocycles. The standard InChI is InChI=1S/C23H34N2O3.ClH/c1-22-8-5-14(25-28-15-7-10-24-13-15)11-19(22)20(26)12-16-17-3-4-21(27)23(17,2)9-6-18(16)22;/h15-19,24H,3-13H2,1-2H3;1H/t15?,16-,17-,18-,19?,22+,23-;/m0./s1. The van der Waals surface area contributed by atoms with Gasteiger partial charge in [-0.2, -0.15) is 0 Å². The molecule has 5 rings (SSSR count). The summed E-state index contributed by atoms with van der Waals surface area (Å²) < 4.78 is 0. The zero-order chi connectivity index (χ0) is 19.5. The highest BCUT2D eigenvalue weighted by molar-refractivity contribution is 5.93. The van der Waals surface area contributed by atoms with Crippen molar-refractivity contribution in [1.29, 1.82) is 0 Å². The van der Waals surface area contributed by atoms with Crippen molar-refractivity contribution in [2.24, 2.45) is 39.7 Å². The highest BCUT2D eigenvalue weighted by Gasteiger charge is 2.62. The summed E-state index contributed by atoms with van der Waals surface area (Å²) in [6.45, 7) is 6.42. The summed E-state index contributed by atoms with van der Waals surface area (Å²) in [5.74, 6) is 2.38. The van der Waals surface area contributed by atoms with Crippen LogP contribution in [0.25, 0.3) is 0 Å². The van der Waals surface area contributed by atoms with Gasteiger partial charge in [0, 0.05) is 37.1 Å². The molecule has 4 saturated carbocycles. The average Bonchev–Trinajstić information content (AvgIpc) is 3.29. The summed E-state index contributed by atoms with van der Waals surface area (Å²) in [6, 6.07) is 0. The van der Waals surface area contributed by atoms with Gasteiger partial charge in [0.05, 0.1) is 5.71 Å². The Morgan fingerprint density at radius 2 is 1.86 bits per heavy atom. The molecule has 2 unspecified atom stereocenters. The maximum absolute atomic E-state index is 13.3. The van der Waals surface area contributed by atoms with Crippen LogP contribution < -0.4 is 5.32 Å². The summed E-state index contributed by atoms with van der Waals surface area (Å²) in [5, 5.41) is 7.78. The second kappa shape index (κ2) is 7.64. The molecule has 1 heterocycles. The molecule has 5 aliphatic rings. The van der Waals surface area contributed by atoms with Crippen molar-refractivity contribution in [2.75, 3.05) is 13.1 Å². The zero-order valence-electron chi connectivity index (χ0n) is 17.7. The van der Waals surface area contributed by atoms with Crippen LogP contribution in [-0.4, -0.2) is 36.5 Å². The van der Waals surface area contributed by atoms with E-state index in [4.69, 9.17) is 4.84 Å². The van der Waals surface area contributed by atoms with Crippen molar-refractivity contribution in [3.63, 3.8) is 0 Å². The van der Waals surface area contributed by atoms with Gasteiger partial charge >= 0.3 is 0 Å². The van der Waals surface area contributed by atoms with Crippen LogP contribution in [0.2, 0.25) is 0 Å². The van der Waals surface area contributed by atoms with Crippen LogP contribution in [0.3, 0.4) is 0 Å². The molecule has 5 fully saturated rings. The monoisotopic (exact) mass is 422 g/mol. The van der Waals surface area contributed by atoms with E-state index in [0.717, 1.165) is 70.2 Å². The first-order valence-electron chi connectivity index (χ1n) is 11.4. The molecule has 1 aliphatic heterocycles. The third-order valence-corrected chi connectivity index (χ3v) is 9.35. The van der Waals surface area contributed by atoms with Gasteiger partial charge in [-0.1, -0.05) is 19.0 Å². The van der Waals surface area contributed by atoms with Gasteiger partial charge in [0.2, 0.25) is 0 Å². The van der Waals surface area contributed by atoms with Gasteiger partial charge in [-0.3, -0.25) is 9.59 Å². The van der Waals surface area contributed by atoms with Crippen molar-refractivity contribution >= 4 is 29.7 Å². The smallest absolute Gasteiger partial charge is 0.141 e. The molecular formula is C23H35ClN2O3. The molecule has 0 radical (unpaired) electrons. The van der Waals surface area contributed by atoms with E-state index >= 15 is 0 Å². The van der Waals surface area contributed by atoms with Crippen LogP contribution in [-0.2, 0) is 14.4 Å². The highest BCUT2D eigenvalue weighted by Crippen LogP contribution is 2.64. The molecule has 1 N–H and O–H groups in total. The van der Waals surface area contributed by atoms with Crippen molar-refractivity contribution in [2.45, 2.75) is 77.7 Å². The van der Waals surface area contributed by atoms with Gasteiger partial charge < -0.3 is 10.2 Å². The Morgan fingerprint density at radius 1 is 1.03 bits per heavy atom. The number of ketones is 2. The Hall–Kier alpha value is -0.940. The minimum Gasteiger partial charge on any atom is -0.391 e. The summed E-state index contributed by atoms with van der Waals surface area (Å²) in [7, 11) is 0. The minimum absolute atomic E-state index is 0. The zero-order valence-corrected chi connectivity index (χ0v) is 18.6. The predicted molar refractivity (Wildman–Crippen MR) is 114 cm³/mol. The average molecular weight is 423 g/mol. The number of oxime groups is 1. The third kappa shape index (κ3) is 3.27. The number of carbonyl (C=O) groups excluding carboxylic acids is 2. The van der Waals surface area contributed by atoms with E-state index < -0.39 is 0 Å². The fourth-order valence-corrected chi connectivity index (χ4v) is 7.57. The van der Waals surface area contributed by atoms with Gasteiger partial charge in [0.25, 0.3) is 0 Å². The van der Waals surface area contributed by atoms with Crippen molar-refractivity contribution in [3.8, 4) is 0 Å². The number of Topliss-reactive ketones (excluding diaryl/α,β-unsaturated/α-hetero) is 2. The van der Waals surface area contributed by atoms with E-state index in [1.165, 1.54) is 0 Å². The van der Waals surface area contributed by atoms with Crippen molar-refractivity contribution < 1.29 is 14.4 Å². The number of nitrogens with one attached hydrogen (secondary N) is 1. The Bertz CT molecular complexity index is 719. The number of hydrogen-bond donors (Lipinski definition) is 1. The molecule has 0 spiro atoms. The quantitative estimate of drug-likeness (QED) is 0.684. The lowest BCUT2D eigenvalue weighted by Gasteiger charge is -2.58. The first-order chi connectivity index (χ1) is 13.4. The summed E-state index contributed by atoms with van der Waals surface area (Å²) in [5.41, 5.74) is 0.994. The second-order valence-corrected chi connectivity index (χ2v) is 10.6. The Labute approximate surface area is 180 Å². The van der Waals surface area contributed by atoms with Gasteiger partial charge in [0.15, 0.2) is 0 Å². The molecule has 29 heavy (non-hydrogen) atoms. The summed E-state index contributed by atoms with van der Waals surface area (Å²) >= 11 is 0. The summed E-state index contributed by atoms with van der Waals surface area (Å²) in [4.78, 5) is 31.6. The van der Waals surface area contributed by atoms with Crippen LogP contribution >= 0.6 is 12.4 Å². The lowest BCUT2D eigenvalue weighted by molar-refractivity contribution is -0.152. The minimum atomic E-state index is -0.158. The van der Waals surface area contributed by atoms with E-state index in [1.807, 2.05) is 0 Å². The molecule has 4 aliphatic carbocycles. The predicted octanol–water partition coefficient (Wildman–Crippen LogP) is 3.93. The number of fused-ring (bicyclic) bond motifs is 5. The van der Waals surface area contributed by atoms with Crippen molar-refractivity contribution in [3.05, 3.63) is 0 Å². The number of halogens is 1. The Kier molecular flexibility index (Phi) is 5.61. The summed E-state index contributed by atoms with van der Waals surface area (Å²) in [6.07, 6.45) is 8.50. The van der Waals surface area contributed by atoms with Gasteiger partial charge in [-0.05, 0) is 68.2 Å². The molecule has 0 aromatic heterocycles. The first kappa shape index (κ1) is 21.3. The lowest BCUT2D eigenvalue weighted by Crippen LogP contribution is -2.56. The molecule has 6 heteroatoms. The van der Waals surface area contributed by atoms with E-state index in [-0.39, 0.29) is 35.3 Å². The van der Waals surface area contributed by atoms with Crippen molar-refractivity contribution in [1.82, 2.24) is 5.32 Å². The number of hydrogen-bond acceptors (Lipinski definition) is 5. The molecule has 1 saturated heterocycles. The first-order valence-corrected chi connectivity index (χ1v) is 11.4. The normalized spacial score (nSPS) is 47.9. The van der Waals surface area contributed by atoms with Crippen LogP contribution in [0.15, 0.2) is 5.16 Å². The van der Waals surface area contributed by atoms with Crippen LogP contribution in [0.5, 0.6) is 0 Å². The van der Waals surface area contributed by atoms with Gasteiger partial charge in [-0.15, -0.1) is 12.4 Å². The Balaban J connectivity index is 0.00000205. The number of nitrogens with zero attached hydrogens (tertiary/aromatic N) is 1. The third-order valence-electron chi connectivity index (χ3n) is 9.35. The van der Waals surface area contributed by atoms with E-state index in [9.17, 15) is 9.59 Å². The number of rotatable bonds is 2. The second-order valence-electron chi connectivity index (χ2n) is 10.6. The number of carbonyl (C=O) groups is 2. The maximum atomic E-state index is 13.3. The maximum Gasteiger partial charge on any atom is 0.141 e. The molecule has 0 amide bonds. The van der Waals surface area contributed by atoms with Crippen LogP contribution in [0.1, 0.15) is 71.6 Å². The Morgan fingerprint density at radius 3 is 2.62 bits per heavy atom. The lowest BCUT2D eigenvalue weighted by atomic mass is 9.45. The largest absolute Gasteiger partial charge is 0.391 e. The molecule has 7 atom stereocenters. The molecule has 162 valence electrons. The van der Waals surface area contributed by atoms with E-state index in [0.29, 0.717) is 35.7 Å². The van der Waals surface area contributed by atoms with Gasteiger partial charge in [0.1, 0.15) is 17.7 Å². The van der Waals surface area contributed by atoms with Gasteiger partial charge in [-0.25, -0.2) is 0 Å². The van der Waals surface area contributed by atoms with Crippen LogP contribution in [0, 0.1) is 34.5 Å². The fraction of sp³-hybridized carbons (Fsp3) is 0.870. The topological polar surface area (TPSA) is 67.8 Å². The molecular weight excluding hydrogens is 388 g/mol. The molecule has 0 aromatic rings. The van der Waals surface area contributed by atoms with Crippen LogP contribution in [0.4, 0.5) is 0 Å².